The Morgan fingerprint density at radius 2 is 2.00 bits per heavy atom. The zero-order valence-corrected chi connectivity index (χ0v) is 7.43. The van der Waals surface area contributed by atoms with Gasteiger partial charge in [-0.25, -0.2) is 4.79 Å². The van der Waals surface area contributed by atoms with Crippen LogP contribution in [0.25, 0.3) is 11.0 Å². The number of H-pyrrole nitrogens is 2. The predicted octanol–water partition coefficient (Wildman–Crippen LogP) is 1.05. The van der Waals surface area contributed by atoms with Crippen molar-refractivity contribution >= 4 is 22.6 Å². The fourth-order valence-electron chi connectivity index (χ4n) is 1.22. The van der Waals surface area contributed by atoms with Crippen LogP contribution in [0, 0.1) is 0 Å². The Balaban J connectivity index is 2.68. The van der Waals surface area contributed by atoms with Crippen molar-refractivity contribution in [2.45, 2.75) is 5.50 Å². The standard InChI is InChI=1S/C8H8ClN3O/c9-7(10)4-1-2-5-6(3-4)12-8(13)11-5/h1-3,7H,10H2,(H2,11,12,13). The highest BCUT2D eigenvalue weighted by molar-refractivity contribution is 6.20. The zero-order valence-electron chi connectivity index (χ0n) is 6.67. The summed E-state index contributed by atoms with van der Waals surface area (Å²) in [5.74, 6) is 0. The summed E-state index contributed by atoms with van der Waals surface area (Å²) >= 11 is 5.69. The largest absolute Gasteiger partial charge is 0.323 e. The number of imidazole rings is 1. The van der Waals surface area contributed by atoms with Crippen LogP contribution in [0.5, 0.6) is 0 Å². The minimum Gasteiger partial charge on any atom is -0.312 e. The first-order valence-corrected chi connectivity index (χ1v) is 4.22. The highest BCUT2D eigenvalue weighted by atomic mass is 35.5. The molecule has 5 heteroatoms. The Morgan fingerprint density at radius 3 is 2.69 bits per heavy atom. The first kappa shape index (κ1) is 8.34. The lowest BCUT2D eigenvalue weighted by molar-refractivity contribution is 1.02. The minimum atomic E-state index is -0.539. The van der Waals surface area contributed by atoms with Gasteiger partial charge in [-0.3, -0.25) is 0 Å². The van der Waals surface area contributed by atoms with Crippen LogP contribution in [0.3, 0.4) is 0 Å². The Hall–Kier alpha value is -1.26. The van der Waals surface area contributed by atoms with E-state index in [4.69, 9.17) is 17.3 Å². The van der Waals surface area contributed by atoms with Crippen LogP contribution < -0.4 is 11.4 Å². The van der Waals surface area contributed by atoms with Crippen molar-refractivity contribution in [3.8, 4) is 0 Å². The number of halogens is 1. The molecule has 0 fully saturated rings. The lowest BCUT2D eigenvalue weighted by Crippen LogP contribution is -2.01. The van der Waals surface area contributed by atoms with Crippen LogP contribution in [-0.2, 0) is 0 Å². The van der Waals surface area contributed by atoms with Crippen LogP contribution in [0.1, 0.15) is 11.1 Å². The topological polar surface area (TPSA) is 74.7 Å². The van der Waals surface area contributed by atoms with E-state index in [1.165, 1.54) is 0 Å². The van der Waals surface area contributed by atoms with Crippen molar-refractivity contribution in [1.29, 1.82) is 0 Å². The molecule has 1 unspecified atom stereocenters. The lowest BCUT2D eigenvalue weighted by atomic mass is 10.2. The molecule has 1 aromatic heterocycles. The molecule has 2 rings (SSSR count). The number of aromatic nitrogens is 2. The van der Waals surface area contributed by atoms with Crippen molar-refractivity contribution < 1.29 is 0 Å². The van der Waals surface area contributed by atoms with Gasteiger partial charge in [-0.1, -0.05) is 6.07 Å². The number of hydrogen-bond acceptors (Lipinski definition) is 2. The van der Waals surface area contributed by atoms with E-state index >= 15 is 0 Å². The van der Waals surface area contributed by atoms with Gasteiger partial charge in [-0.15, -0.1) is 11.6 Å². The number of alkyl halides is 1. The molecule has 1 atom stereocenters. The van der Waals surface area contributed by atoms with Gasteiger partial charge in [0, 0.05) is 0 Å². The molecule has 1 aromatic carbocycles. The first-order valence-electron chi connectivity index (χ1n) is 3.78. The van der Waals surface area contributed by atoms with Gasteiger partial charge in [-0.05, 0) is 17.7 Å². The van der Waals surface area contributed by atoms with E-state index in [2.05, 4.69) is 9.97 Å². The van der Waals surface area contributed by atoms with Gasteiger partial charge in [0.05, 0.1) is 11.0 Å². The number of nitrogens with one attached hydrogen (secondary N) is 2. The number of benzene rings is 1. The van der Waals surface area contributed by atoms with Crippen molar-refractivity contribution in [2.24, 2.45) is 5.73 Å². The fraction of sp³-hybridized carbons (Fsp3) is 0.125. The third-order valence-electron chi connectivity index (χ3n) is 1.86. The second-order valence-electron chi connectivity index (χ2n) is 2.79. The monoisotopic (exact) mass is 197 g/mol. The van der Waals surface area contributed by atoms with E-state index in [0.29, 0.717) is 0 Å². The SMILES string of the molecule is NC(Cl)c1ccc2[nH]c(=O)[nH]c2c1. The van der Waals surface area contributed by atoms with Crippen molar-refractivity contribution in [2.75, 3.05) is 0 Å². The summed E-state index contributed by atoms with van der Waals surface area (Å²) in [4.78, 5) is 16.2. The molecule has 0 saturated heterocycles. The Bertz CT molecular complexity index is 485. The van der Waals surface area contributed by atoms with Crippen molar-refractivity contribution in [3.63, 3.8) is 0 Å². The summed E-state index contributed by atoms with van der Waals surface area (Å²) in [6.07, 6.45) is 0. The number of fused-ring (bicyclic) bond motifs is 1. The third-order valence-corrected chi connectivity index (χ3v) is 2.11. The Labute approximate surface area is 78.7 Å². The van der Waals surface area contributed by atoms with Crippen LogP contribution in [0.15, 0.2) is 23.0 Å². The average Bonchev–Trinajstić information content (AvgIpc) is 2.42. The summed E-state index contributed by atoms with van der Waals surface area (Å²) in [6, 6.07) is 5.31. The summed E-state index contributed by atoms with van der Waals surface area (Å²) in [6.45, 7) is 0. The summed E-state index contributed by atoms with van der Waals surface area (Å²) < 4.78 is 0. The summed E-state index contributed by atoms with van der Waals surface area (Å²) in [5, 5.41) is 0. The molecule has 0 spiro atoms. The molecule has 0 aliphatic rings. The lowest BCUT2D eigenvalue weighted by Gasteiger charge is -2.01. The molecule has 0 saturated carbocycles. The van der Waals surface area contributed by atoms with Crippen molar-refractivity contribution in [3.05, 3.63) is 34.2 Å². The maximum Gasteiger partial charge on any atom is 0.323 e. The van der Waals surface area contributed by atoms with Gasteiger partial charge in [0.2, 0.25) is 0 Å². The van der Waals surface area contributed by atoms with E-state index < -0.39 is 5.50 Å². The van der Waals surface area contributed by atoms with E-state index in [0.717, 1.165) is 16.6 Å². The smallest absolute Gasteiger partial charge is 0.312 e. The third kappa shape index (κ3) is 1.46. The molecule has 2 aromatic rings. The van der Waals surface area contributed by atoms with E-state index in [1.54, 1.807) is 18.2 Å². The van der Waals surface area contributed by atoms with E-state index in [1.807, 2.05) is 0 Å². The normalized spacial score (nSPS) is 13.4. The molecule has 68 valence electrons. The van der Waals surface area contributed by atoms with Gasteiger partial charge < -0.3 is 15.7 Å². The molecule has 0 bridgehead atoms. The molecular weight excluding hydrogens is 190 g/mol. The molecule has 0 radical (unpaired) electrons. The van der Waals surface area contributed by atoms with Crippen LogP contribution >= 0.6 is 11.6 Å². The Kier molecular flexibility index (Phi) is 1.86. The average molecular weight is 198 g/mol. The van der Waals surface area contributed by atoms with Crippen LogP contribution in [-0.4, -0.2) is 9.97 Å². The fourth-order valence-corrected chi connectivity index (χ4v) is 1.36. The number of hydrogen-bond donors (Lipinski definition) is 3. The van der Waals surface area contributed by atoms with Gasteiger partial charge in [0.15, 0.2) is 0 Å². The maximum atomic E-state index is 10.9. The van der Waals surface area contributed by atoms with Gasteiger partial charge >= 0.3 is 5.69 Å². The predicted molar refractivity (Wildman–Crippen MR) is 51.7 cm³/mol. The second kappa shape index (κ2) is 2.90. The summed E-state index contributed by atoms with van der Waals surface area (Å²) in [5.41, 5.74) is 6.97. The number of nitrogens with two attached hydrogens (primary N) is 1. The molecule has 0 aliphatic carbocycles. The molecule has 4 nitrogen and oxygen atoms in total. The van der Waals surface area contributed by atoms with Gasteiger partial charge in [0.25, 0.3) is 0 Å². The number of aromatic amines is 2. The van der Waals surface area contributed by atoms with Gasteiger partial charge in [-0.2, -0.15) is 0 Å². The zero-order chi connectivity index (χ0) is 9.42. The maximum absolute atomic E-state index is 10.9. The second-order valence-corrected chi connectivity index (χ2v) is 3.26. The highest BCUT2D eigenvalue weighted by Gasteiger charge is 2.03. The van der Waals surface area contributed by atoms with Crippen LogP contribution in [0.4, 0.5) is 0 Å². The Morgan fingerprint density at radius 1 is 1.31 bits per heavy atom. The molecule has 4 N–H and O–H groups in total. The number of rotatable bonds is 1. The first-order chi connectivity index (χ1) is 6.16. The van der Waals surface area contributed by atoms with Crippen molar-refractivity contribution in [1.82, 2.24) is 9.97 Å². The molecular formula is C8H8ClN3O. The quantitative estimate of drug-likeness (QED) is 0.472. The minimum absolute atomic E-state index is 0.227. The molecule has 1 heterocycles. The molecule has 0 aliphatic heterocycles. The summed E-state index contributed by atoms with van der Waals surface area (Å²) in [7, 11) is 0. The van der Waals surface area contributed by atoms with E-state index in [-0.39, 0.29) is 5.69 Å². The highest BCUT2D eigenvalue weighted by Crippen LogP contribution is 2.17. The van der Waals surface area contributed by atoms with Crippen LogP contribution in [0.2, 0.25) is 0 Å². The van der Waals surface area contributed by atoms with E-state index in [9.17, 15) is 4.79 Å². The molecule has 0 amide bonds. The molecule has 13 heavy (non-hydrogen) atoms. The van der Waals surface area contributed by atoms with Gasteiger partial charge in [0.1, 0.15) is 5.50 Å².